The van der Waals surface area contributed by atoms with Gasteiger partial charge in [-0.15, -0.1) is 0 Å². The topological polar surface area (TPSA) is 87.9 Å². The molecule has 0 saturated heterocycles. The van der Waals surface area contributed by atoms with E-state index in [9.17, 15) is 9.59 Å². The summed E-state index contributed by atoms with van der Waals surface area (Å²) < 4.78 is 15.8. The zero-order valence-corrected chi connectivity index (χ0v) is 19.6. The Labute approximate surface area is 176 Å². The highest BCUT2D eigenvalue weighted by molar-refractivity contribution is 6.77. The number of rotatable bonds is 13. The molecule has 0 aliphatic carbocycles. The van der Waals surface area contributed by atoms with Crippen molar-refractivity contribution in [3.63, 3.8) is 0 Å². The number of carbonyl (C=O) groups is 2. The SMILES string of the molecule is CCOC(=O)C(N)(CCc1ccc(OCCC[Si](C)(C)CC)cc1)C(=O)OCC. The third-order valence-electron chi connectivity index (χ3n) is 5.23. The van der Waals surface area contributed by atoms with Crippen LogP contribution >= 0.6 is 0 Å². The molecule has 1 aromatic carbocycles. The van der Waals surface area contributed by atoms with Gasteiger partial charge >= 0.3 is 11.9 Å². The van der Waals surface area contributed by atoms with E-state index in [-0.39, 0.29) is 19.6 Å². The van der Waals surface area contributed by atoms with Crippen molar-refractivity contribution in [1.82, 2.24) is 0 Å². The van der Waals surface area contributed by atoms with Crippen LogP contribution in [0.3, 0.4) is 0 Å². The Hall–Kier alpha value is -1.86. The Morgan fingerprint density at radius 1 is 1.00 bits per heavy atom. The molecule has 0 amide bonds. The van der Waals surface area contributed by atoms with Gasteiger partial charge in [0.25, 0.3) is 0 Å². The molecule has 29 heavy (non-hydrogen) atoms. The lowest BCUT2D eigenvalue weighted by molar-refractivity contribution is -0.164. The van der Waals surface area contributed by atoms with Crippen LogP contribution in [0.5, 0.6) is 5.75 Å². The van der Waals surface area contributed by atoms with E-state index in [1.165, 1.54) is 12.1 Å². The molecule has 1 aromatic rings. The fourth-order valence-electron chi connectivity index (χ4n) is 2.82. The van der Waals surface area contributed by atoms with Crippen LogP contribution in [0.25, 0.3) is 0 Å². The van der Waals surface area contributed by atoms with Gasteiger partial charge in [0, 0.05) is 8.07 Å². The Morgan fingerprint density at radius 2 is 1.55 bits per heavy atom. The molecule has 0 aliphatic heterocycles. The van der Waals surface area contributed by atoms with Gasteiger partial charge in [0.2, 0.25) is 5.54 Å². The zero-order chi connectivity index (χ0) is 21.9. The molecule has 0 heterocycles. The summed E-state index contributed by atoms with van der Waals surface area (Å²) in [5.74, 6) is -0.687. The van der Waals surface area contributed by atoms with Gasteiger partial charge in [-0.1, -0.05) is 44.2 Å². The predicted octanol–water partition coefficient (Wildman–Crippen LogP) is 3.94. The van der Waals surface area contributed by atoms with Crippen molar-refractivity contribution in [1.29, 1.82) is 0 Å². The number of benzene rings is 1. The van der Waals surface area contributed by atoms with Gasteiger partial charge in [-0.25, -0.2) is 9.59 Å². The summed E-state index contributed by atoms with van der Waals surface area (Å²) in [6.45, 7) is 11.5. The molecular weight excluding hydrogens is 386 g/mol. The number of hydrogen-bond donors (Lipinski definition) is 1. The quantitative estimate of drug-likeness (QED) is 0.224. The number of esters is 2. The van der Waals surface area contributed by atoms with Gasteiger partial charge in [-0.05, 0) is 50.8 Å². The van der Waals surface area contributed by atoms with Gasteiger partial charge < -0.3 is 19.9 Å². The van der Waals surface area contributed by atoms with Crippen LogP contribution in [0.4, 0.5) is 0 Å². The largest absolute Gasteiger partial charge is 0.494 e. The molecule has 164 valence electrons. The van der Waals surface area contributed by atoms with Crippen LogP contribution in [-0.4, -0.2) is 45.4 Å². The van der Waals surface area contributed by atoms with Crippen LogP contribution in [0.1, 0.15) is 39.2 Å². The van der Waals surface area contributed by atoms with Crippen LogP contribution in [0.15, 0.2) is 24.3 Å². The van der Waals surface area contributed by atoms with Crippen molar-refractivity contribution in [2.45, 2.75) is 70.8 Å². The van der Waals surface area contributed by atoms with Crippen molar-refractivity contribution in [3.05, 3.63) is 29.8 Å². The summed E-state index contributed by atoms with van der Waals surface area (Å²) in [4.78, 5) is 24.5. The Kier molecular flexibility index (Phi) is 10.4. The van der Waals surface area contributed by atoms with Crippen molar-refractivity contribution in [3.8, 4) is 5.75 Å². The van der Waals surface area contributed by atoms with Gasteiger partial charge in [0.15, 0.2) is 0 Å². The first kappa shape index (κ1) is 25.2. The number of aryl methyl sites for hydroxylation is 1. The molecule has 0 aromatic heterocycles. The second-order valence-corrected chi connectivity index (χ2v) is 13.6. The maximum Gasteiger partial charge on any atom is 0.337 e. The molecule has 0 spiro atoms. The van der Waals surface area contributed by atoms with E-state index in [1.807, 2.05) is 24.3 Å². The predicted molar refractivity (Wildman–Crippen MR) is 118 cm³/mol. The second kappa shape index (κ2) is 12.0. The minimum atomic E-state index is -1.79. The fourth-order valence-corrected chi connectivity index (χ4v) is 4.27. The summed E-state index contributed by atoms with van der Waals surface area (Å²) in [7, 11) is -1.05. The van der Waals surface area contributed by atoms with E-state index < -0.39 is 25.6 Å². The maximum atomic E-state index is 12.2. The van der Waals surface area contributed by atoms with Crippen molar-refractivity contribution >= 4 is 20.0 Å². The number of carbonyl (C=O) groups excluding carboxylic acids is 2. The van der Waals surface area contributed by atoms with E-state index in [2.05, 4.69) is 20.0 Å². The standard InChI is InChI=1S/C22H37NO5Si/c1-6-26-20(24)22(23,21(25)27-7-2)15-14-18-10-12-19(13-11-18)28-16-9-17-29(4,5)8-3/h10-13H,6-9,14-17,23H2,1-5H3. The molecule has 0 atom stereocenters. The molecule has 1 rings (SSSR count). The first-order valence-electron chi connectivity index (χ1n) is 10.5. The normalized spacial score (nSPS) is 11.8. The molecular formula is C22H37NO5Si. The number of hydrogen-bond acceptors (Lipinski definition) is 6. The van der Waals surface area contributed by atoms with Crippen LogP contribution in [-0.2, 0) is 25.5 Å². The number of nitrogens with two attached hydrogens (primary N) is 1. The van der Waals surface area contributed by atoms with E-state index >= 15 is 0 Å². The molecule has 0 radical (unpaired) electrons. The first-order chi connectivity index (χ1) is 13.7. The molecule has 2 N–H and O–H groups in total. The van der Waals surface area contributed by atoms with Crippen LogP contribution < -0.4 is 10.5 Å². The number of ether oxygens (including phenoxy) is 3. The minimum Gasteiger partial charge on any atom is -0.494 e. The van der Waals surface area contributed by atoms with Gasteiger partial charge in [-0.3, -0.25) is 0 Å². The van der Waals surface area contributed by atoms with Gasteiger partial charge in [0.1, 0.15) is 5.75 Å². The summed E-state index contributed by atoms with van der Waals surface area (Å²) in [5.41, 5.74) is 5.26. The molecule has 0 bridgehead atoms. The molecule has 0 fully saturated rings. The minimum absolute atomic E-state index is 0.113. The van der Waals surface area contributed by atoms with Crippen LogP contribution in [0.2, 0.25) is 25.2 Å². The highest BCUT2D eigenvalue weighted by atomic mass is 28.3. The summed E-state index contributed by atoms with van der Waals surface area (Å²) in [6.07, 6.45) is 1.63. The molecule has 0 aliphatic rings. The van der Waals surface area contributed by atoms with E-state index in [1.54, 1.807) is 13.8 Å². The molecule has 7 heteroatoms. The summed E-state index contributed by atoms with van der Waals surface area (Å²) in [6, 6.07) is 10.2. The van der Waals surface area contributed by atoms with Gasteiger partial charge in [-0.2, -0.15) is 0 Å². The van der Waals surface area contributed by atoms with E-state index in [0.29, 0.717) is 13.0 Å². The smallest absolute Gasteiger partial charge is 0.337 e. The average molecular weight is 424 g/mol. The van der Waals surface area contributed by atoms with E-state index in [0.717, 1.165) is 17.7 Å². The van der Waals surface area contributed by atoms with Crippen LogP contribution in [0, 0.1) is 0 Å². The summed E-state index contributed by atoms with van der Waals surface area (Å²) in [5, 5.41) is 0. The Balaban J connectivity index is 2.62. The first-order valence-corrected chi connectivity index (χ1v) is 13.9. The fraction of sp³-hybridized carbons (Fsp3) is 0.636. The van der Waals surface area contributed by atoms with Gasteiger partial charge in [0.05, 0.1) is 19.8 Å². The lowest BCUT2D eigenvalue weighted by Crippen LogP contribution is -2.57. The lowest BCUT2D eigenvalue weighted by atomic mass is 9.92. The molecule has 0 unspecified atom stereocenters. The average Bonchev–Trinajstić information content (AvgIpc) is 2.70. The third-order valence-corrected chi connectivity index (χ3v) is 8.86. The Bertz CT molecular complexity index is 627. The van der Waals surface area contributed by atoms with Crippen molar-refractivity contribution in [2.75, 3.05) is 19.8 Å². The van der Waals surface area contributed by atoms with E-state index in [4.69, 9.17) is 19.9 Å². The lowest BCUT2D eigenvalue weighted by Gasteiger charge is -2.24. The van der Waals surface area contributed by atoms with Crippen molar-refractivity contribution < 1.29 is 23.8 Å². The van der Waals surface area contributed by atoms with Crippen molar-refractivity contribution in [2.24, 2.45) is 5.73 Å². The summed E-state index contributed by atoms with van der Waals surface area (Å²) >= 11 is 0. The third kappa shape index (κ3) is 8.18. The second-order valence-electron chi connectivity index (χ2n) is 8.03. The monoisotopic (exact) mass is 423 g/mol. The maximum absolute atomic E-state index is 12.2. The zero-order valence-electron chi connectivity index (χ0n) is 18.6. The Morgan fingerprint density at radius 3 is 2.03 bits per heavy atom. The molecule has 0 saturated carbocycles. The molecule has 6 nitrogen and oxygen atoms in total. The highest BCUT2D eigenvalue weighted by Gasteiger charge is 2.44. The highest BCUT2D eigenvalue weighted by Crippen LogP contribution is 2.20.